The zero-order chi connectivity index (χ0) is 19.3. The first kappa shape index (κ1) is 18.6. The highest BCUT2D eigenvalue weighted by molar-refractivity contribution is 5.64. The molecule has 1 atom stereocenters. The predicted octanol–water partition coefficient (Wildman–Crippen LogP) is 4.47. The van der Waals surface area contributed by atoms with Crippen LogP contribution in [0.2, 0.25) is 0 Å². The van der Waals surface area contributed by atoms with Crippen molar-refractivity contribution in [3.8, 4) is 16.9 Å². The Hall–Kier alpha value is -2.76. The van der Waals surface area contributed by atoms with Gasteiger partial charge in [0.25, 0.3) is 0 Å². The lowest BCUT2D eigenvalue weighted by Crippen LogP contribution is -2.38. The third kappa shape index (κ3) is 4.21. The molecule has 4 rings (SSSR count). The largest absolute Gasteiger partial charge is 0.497 e. The van der Waals surface area contributed by atoms with Crippen LogP contribution in [-0.2, 0) is 11.3 Å². The first-order chi connectivity index (χ1) is 13.7. The molecule has 0 amide bonds. The molecule has 0 N–H and O–H groups in total. The van der Waals surface area contributed by atoms with Crippen LogP contribution in [0.5, 0.6) is 5.75 Å². The van der Waals surface area contributed by atoms with E-state index < -0.39 is 0 Å². The zero-order valence-electron chi connectivity index (χ0n) is 15.8. The van der Waals surface area contributed by atoms with Gasteiger partial charge in [-0.1, -0.05) is 36.4 Å². The summed E-state index contributed by atoms with van der Waals surface area (Å²) in [4.78, 5) is 6.84. The highest BCUT2D eigenvalue weighted by Gasteiger charge is 2.23. The Bertz CT molecular complexity index is 930. The number of methoxy groups -OCH3 is 1. The molecule has 1 aromatic heterocycles. The van der Waals surface area contributed by atoms with E-state index in [9.17, 15) is 4.39 Å². The minimum absolute atomic E-state index is 0.111. The van der Waals surface area contributed by atoms with E-state index in [-0.39, 0.29) is 11.9 Å². The maximum absolute atomic E-state index is 13.9. The van der Waals surface area contributed by atoms with Gasteiger partial charge in [0.05, 0.1) is 19.4 Å². The second-order valence-electron chi connectivity index (χ2n) is 6.89. The van der Waals surface area contributed by atoms with E-state index in [0.29, 0.717) is 25.3 Å². The second kappa shape index (κ2) is 8.50. The van der Waals surface area contributed by atoms with Crippen molar-refractivity contribution in [1.29, 1.82) is 0 Å². The van der Waals surface area contributed by atoms with Gasteiger partial charge in [0.2, 0.25) is 0 Å². The van der Waals surface area contributed by atoms with E-state index in [1.807, 2.05) is 48.7 Å². The number of pyridine rings is 1. The van der Waals surface area contributed by atoms with Crippen LogP contribution in [-0.4, -0.2) is 36.7 Å². The van der Waals surface area contributed by atoms with Crippen molar-refractivity contribution < 1.29 is 13.9 Å². The second-order valence-corrected chi connectivity index (χ2v) is 6.89. The minimum atomic E-state index is -0.161. The number of benzene rings is 2. The van der Waals surface area contributed by atoms with Crippen molar-refractivity contribution in [2.75, 3.05) is 26.8 Å². The van der Waals surface area contributed by atoms with Gasteiger partial charge in [0.1, 0.15) is 17.7 Å². The number of morpholine rings is 1. The Morgan fingerprint density at radius 1 is 1.11 bits per heavy atom. The van der Waals surface area contributed by atoms with E-state index in [1.165, 1.54) is 6.07 Å². The summed E-state index contributed by atoms with van der Waals surface area (Å²) in [7, 11) is 1.66. The molecule has 1 fully saturated rings. The van der Waals surface area contributed by atoms with E-state index in [2.05, 4.69) is 16.0 Å². The highest BCUT2D eigenvalue weighted by atomic mass is 19.1. The van der Waals surface area contributed by atoms with Gasteiger partial charge in [-0.05, 0) is 29.8 Å². The molecule has 3 aromatic rings. The van der Waals surface area contributed by atoms with E-state index in [4.69, 9.17) is 9.47 Å². The molecule has 5 heteroatoms. The zero-order valence-corrected chi connectivity index (χ0v) is 15.8. The summed E-state index contributed by atoms with van der Waals surface area (Å²) in [6.45, 7) is 2.67. The van der Waals surface area contributed by atoms with Crippen molar-refractivity contribution in [2.24, 2.45) is 0 Å². The third-order valence-corrected chi connectivity index (χ3v) is 5.02. The normalized spacial score (nSPS) is 17.4. The number of aromatic nitrogens is 1. The minimum Gasteiger partial charge on any atom is -0.497 e. The Kier molecular flexibility index (Phi) is 5.65. The van der Waals surface area contributed by atoms with E-state index >= 15 is 0 Å². The molecule has 28 heavy (non-hydrogen) atoms. The fourth-order valence-corrected chi connectivity index (χ4v) is 3.46. The number of rotatable bonds is 5. The summed E-state index contributed by atoms with van der Waals surface area (Å²) in [6.07, 6.45) is 1.75. The van der Waals surface area contributed by atoms with Crippen molar-refractivity contribution in [1.82, 2.24) is 9.88 Å². The van der Waals surface area contributed by atoms with E-state index in [0.717, 1.165) is 29.1 Å². The molecule has 0 bridgehead atoms. The summed E-state index contributed by atoms with van der Waals surface area (Å²) in [5.41, 5.74) is 3.69. The summed E-state index contributed by atoms with van der Waals surface area (Å²) >= 11 is 0. The van der Waals surface area contributed by atoms with Gasteiger partial charge in [0.15, 0.2) is 0 Å². The molecule has 1 saturated heterocycles. The summed E-state index contributed by atoms with van der Waals surface area (Å²) < 4.78 is 25.2. The SMILES string of the molecule is COc1cccc(-c2ccc([C@@H]3CN(Cc4ccccc4F)CCO3)nc2)c1. The number of hydrogen-bond acceptors (Lipinski definition) is 4. The van der Waals surface area contributed by atoms with Crippen molar-refractivity contribution in [2.45, 2.75) is 12.6 Å². The lowest BCUT2D eigenvalue weighted by atomic mass is 10.1. The molecule has 0 radical (unpaired) electrons. The molecule has 1 aliphatic rings. The highest BCUT2D eigenvalue weighted by Crippen LogP contribution is 2.26. The molecule has 0 aliphatic carbocycles. The molecule has 2 aromatic carbocycles. The van der Waals surface area contributed by atoms with Gasteiger partial charge in [-0.15, -0.1) is 0 Å². The Balaban J connectivity index is 1.45. The average molecular weight is 378 g/mol. The standard InChI is InChI=1S/C23H23FN2O2/c1-27-20-7-4-6-17(13-20)18-9-10-22(25-14-18)23-16-26(11-12-28-23)15-19-5-2-3-8-21(19)24/h2-10,13-14,23H,11-12,15-16H2,1H3/t23-/m0/s1. The fraction of sp³-hybridized carbons (Fsp3) is 0.261. The molecule has 144 valence electrons. The topological polar surface area (TPSA) is 34.6 Å². The number of halogens is 1. The molecule has 4 nitrogen and oxygen atoms in total. The summed E-state index contributed by atoms with van der Waals surface area (Å²) in [5, 5.41) is 0. The van der Waals surface area contributed by atoms with Crippen LogP contribution in [0.4, 0.5) is 4.39 Å². The van der Waals surface area contributed by atoms with Crippen LogP contribution in [0, 0.1) is 5.82 Å². The van der Waals surface area contributed by atoms with Crippen molar-refractivity contribution >= 4 is 0 Å². The lowest BCUT2D eigenvalue weighted by Gasteiger charge is -2.32. The summed E-state index contributed by atoms with van der Waals surface area (Å²) in [5.74, 6) is 0.660. The molecule has 0 unspecified atom stereocenters. The maximum Gasteiger partial charge on any atom is 0.127 e. The van der Waals surface area contributed by atoms with E-state index in [1.54, 1.807) is 13.2 Å². The van der Waals surface area contributed by atoms with Crippen LogP contribution in [0.25, 0.3) is 11.1 Å². The van der Waals surface area contributed by atoms with Crippen LogP contribution < -0.4 is 4.74 Å². The number of hydrogen-bond donors (Lipinski definition) is 0. The average Bonchev–Trinajstić information content (AvgIpc) is 2.76. The van der Waals surface area contributed by atoms with Gasteiger partial charge >= 0.3 is 0 Å². The van der Waals surface area contributed by atoms with Gasteiger partial charge in [-0.3, -0.25) is 9.88 Å². The van der Waals surface area contributed by atoms with Crippen molar-refractivity contribution in [3.05, 3.63) is 83.9 Å². The molecular formula is C23H23FN2O2. The number of nitrogens with zero attached hydrogens (tertiary/aromatic N) is 2. The maximum atomic E-state index is 13.9. The Morgan fingerprint density at radius 3 is 2.79 bits per heavy atom. The third-order valence-electron chi connectivity index (χ3n) is 5.02. The first-order valence-electron chi connectivity index (χ1n) is 9.40. The Labute approximate surface area is 164 Å². The number of ether oxygens (including phenoxy) is 2. The van der Waals surface area contributed by atoms with Crippen LogP contribution in [0.15, 0.2) is 66.9 Å². The monoisotopic (exact) mass is 378 g/mol. The summed E-state index contributed by atoms with van der Waals surface area (Å²) in [6, 6.07) is 18.9. The molecule has 1 aliphatic heterocycles. The Morgan fingerprint density at radius 2 is 2.00 bits per heavy atom. The molecular weight excluding hydrogens is 355 g/mol. The first-order valence-corrected chi connectivity index (χ1v) is 9.40. The predicted molar refractivity (Wildman–Crippen MR) is 107 cm³/mol. The van der Waals surface area contributed by atoms with Gasteiger partial charge in [0, 0.05) is 37.0 Å². The molecule has 0 saturated carbocycles. The van der Waals surface area contributed by atoms with Gasteiger partial charge < -0.3 is 9.47 Å². The lowest BCUT2D eigenvalue weighted by molar-refractivity contribution is -0.0352. The van der Waals surface area contributed by atoms with Crippen LogP contribution in [0.3, 0.4) is 0 Å². The van der Waals surface area contributed by atoms with Gasteiger partial charge in [-0.2, -0.15) is 0 Å². The van der Waals surface area contributed by atoms with Gasteiger partial charge in [-0.25, -0.2) is 4.39 Å². The van der Waals surface area contributed by atoms with Crippen molar-refractivity contribution in [3.63, 3.8) is 0 Å². The fourth-order valence-electron chi connectivity index (χ4n) is 3.46. The quantitative estimate of drug-likeness (QED) is 0.656. The smallest absolute Gasteiger partial charge is 0.127 e. The van der Waals surface area contributed by atoms with Crippen LogP contribution >= 0.6 is 0 Å². The molecule has 0 spiro atoms. The van der Waals surface area contributed by atoms with Crippen LogP contribution in [0.1, 0.15) is 17.4 Å². The molecule has 2 heterocycles.